The summed E-state index contributed by atoms with van der Waals surface area (Å²) in [6, 6.07) is 8.32. The van der Waals surface area contributed by atoms with Crippen LogP contribution >= 0.6 is 23.1 Å². The minimum atomic E-state index is -0.326. The molecule has 0 aliphatic rings. The van der Waals surface area contributed by atoms with E-state index in [4.69, 9.17) is 10.2 Å². The first-order valence-corrected chi connectivity index (χ1v) is 7.75. The Balaban J connectivity index is 1.70. The summed E-state index contributed by atoms with van der Waals surface area (Å²) in [6.45, 7) is 0. The fourth-order valence-corrected chi connectivity index (χ4v) is 3.17. The average Bonchev–Trinajstić information content (AvgIpc) is 3.08. The van der Waals surface area contributed by atoms with Crippen LogP contribution in [0, 0.1) is 5.82 Å². The normalized spacial score (nSPS) is 10.8. The van der Waals surface area contributed by atoms with Crippen LogP contribution in [0.3, 0.4) is 0 Å². The third kappa shape index (κ3) is 2.86. The van der Waals surface area contributed by atoms with E-state index in [9.17, 15) is 4.39 Å². The maximum absolute atomic E-state index is 13.0. The van der Waals surface area contributed by atoms with E-state index in [-0.39, 0.29) is 5.82 Å². The highest BCUT2D eigenvalue weighted by molar-refractivity contribution is 7.98. The summed E-state index contributed by atoms with van der Waals surface area (Å²) in [5.41, 5.74) is 7.04. The number of anilines is 1. The van der Waals surface area contributed by atoms with Crippen LogP contribution in [0.2, 0.25) is 0 Å². The van der Waals surface area contributed by atoms with Gasteiger partial charge in [0, 0.05) is 16.3 Å². The van der Waals surface area contributed by atoms with Gasteiger partial charge in [-0.1, -0.05) is 6.07 Å². The smallest absolute Gasteiger partial charge is 0.236 e. The van der Waals surface area contributed by atoms with Crippen molar-refractivity contribution in [1.29, 1.82) is 0 Å². The molecule has 2 heterocycles. The molecule has 20 heavy (non-hydrogen) atoms. The molecular formula is C14H11FN2OS2. The zero-order chi connectivity index (χ0) is 13.9. The summed E-state index contributed by atoms with van der Waals surface area (Å²) < 4.78 is 18.4. The monoisotopic (exact) mass is 306 g/mol. The highest BCUT2D eigenvalue weighted by atomic mass is 32.2. The van der Waals surface area contributed by atoms with E-state index >= 15 is 0 Å². The Kier molecular flexibility index (Phi) is 3.75. The molecular weight excluding hydrogens is 295 g/mol. The van der Waals surface area contributed by atoms with Gasteiger partial charge < -0.3 is 10.2 Å². The van der Waals surface area contributed by atoms with Crippen LogP contribution in [-0.2, 0) is 5.75 Å². The lowest BCUT2D eigenvalue weighted by molar-refractivity contribution is 0.575. The van der Waals surface area contributed by atoms with Crippen LogP contribution in [0.4, 0.5) is 10.1 Å². The predicted molar refractivity (Wildman–Crippen MR) is 80.2 cm³/mol. The maximum Gasteiger partial charge on any atom is 0.236 e. The molecule has 2 aromatic heterocycles. The molecule has 0 spiro atoms. The molecule has 102 valence electrons. The lowest BCUT2D eigenvalue weighted by Crippen LogP contribution is -1.90. The van der Waals surface area contributed by atoms with E-state index in [2.05, 4.69) is 4.98 Å². The summed E-state index contributed by atoms with van der Waals surface area (Å²) in [4.78, 5) is 6.27. The molecule has 1 aromatic carbocycles. The number of rotatable bonds is 4. The lowest BCUT2D eigenvalue weighted by Gasteiger charge is -2.03. The minimum absolute atomic E-state index is 0.326. The molecule has 3 aromatic rings. The number of nitrogen functional groups attached to an aromatic ring is 1. The number of thiophene rings is 1. The summed E-state index contributed by atoms with van der Waals surface area (Å²) in [5, 5.41) is 1.98. The number of thioether (sulfide) groups is 1. The molecule has 0 unspecified atom stereocenters. The van der Waals surface area contributed by atoms with Gasteiger partial charge in [-0.05, 0) is 29.6 Å². The van der Waals surface area contributed by atoms with Crippen molar-refractivity contribution in [3.63, 3.8) is 0 Å². The van der Waals surface area contributed by atoms with Crippen molar-refractivity contribution in [3.05, 3.63) is 53.5 Å². The van der Waals surface area contributed by atoms with Crippen molar-refractivity contribution in [3.8, 4) is 10.8 Å². The largest absolute Gasteiger partial charge is 0.444 e. The predicted octanol–water partition coefficient (Wildman–Crippen LogP) is 4.42. The molecule has 0 saturated heterocycles. The topological polar surface area (TPSA) is 52.0 Å². The van der Waals surface area contributed by atoms with Crippen LogP contribution in [-0.4, -0.2) is 4.98 Å². The highest BCUT2D eigenvalue weighted by Crippen LogP contribution is 2.30. The first kappa shape index (κ1) is 13.2. The second-order valence-electron chi connectivity index (χ2n) is 4.09. The second kappa shape index (κ2) is 5.68. The van der Waals surface area contributed by atoms with Gasteiger partial charge >= 0.3 is 0 Å². The van der Waals surface area contributed by atoms with Crippen molar-refractivity contribution in [2.75, 3.05) is 5.73 Å². The van der Waals surface area contributed by atoms with E-state index in [0.29, 0.717) is 17.3 Å². The van der Waals surface area contributed by atoms with Crippen molar-refractivity contribution < 1.29 is 8.81 Å². The molecule has 3 nitrogen and oxygen atoms in total. The Morgan fingerprint density at radius 2 is 2.25 bits per heavy atom. The van der Waals surface area contributed by atoms with Crippen LogP contribution in [0.25, 0.3) is 10.8 Å². The number of nitrogens with zero attached hydrogens (tertiary/aromatic N) is 1. The molecule has 2 N–H and O–H groups in total. The van der Waals surface area contributed by atoms with Gasteiger partial charge in [-0.15, -0.1) is 23.1 Å². The molecule has 0 atom stereocenters. The summed E-state index contributed by atoms with van der Waals surface area (Å²) >= 11 is 3.09. The van der Waals surface area contributed by atoms with Gasteiger partial charge in [0.15, 0.2) is 0 Å². The number of hydrogen-bond donors (Lipinski definition) is 1. The summed E-state index contributed by atoms with van der Waals surface area (Å²) in [7, 11) is 0. The van der Waals surface area contributed by atoms with E-state index in [1.807, 2.05) is 17.5 Å². The molecule has 0 aliphatic heterocycles. The maximum atomic E-state index is 13.0. The van der Waals surface area contributed by atoms with Gasteiger partial charge in [0.05, 0.1) is 10.6 Å². The Bertz CT molecular complexity index is 710. The highest BCUT2D eigenvalue weighted by Gasteiger charge is 2.09. The molecule has 0 radical (unpaired) electrons. The van der Waals surface area contributed by atoms with Crippen molar-refractivity contribution in [2.24, 2.45) is 0 Å². The van der Waals surface area contributed by atoms with Gasteiger partial charge in [0.25, 0.3) is 0 Å². The number of aromatic nitrogens is 1. The molecule has 0 saturated carbocycles. The Morgan fingerprint density at radius 3 is 3.00 bits per heavy atom. The standard InChI is InChI=1S/C14H11FN2OS2/c15-9-3-4-12(11(16)6-9)20-8-10-7-18-14(17-10)13-2-1-5-19-13/h1-7H,8,16H2. The molecule has 0 aliphatic carbocycles. The Morgan fingerprint density at radius 1 is 1.35 bits per heavy atom. The fourth-order valence-electron chi connectivity index (χ4n) is 1.69. The van der Waals surface area contributed by atoms with E-state index in [0.717, 1.165) is 15.5 Å². The fraction of sp³-hybridized carbons (Fsp3) is 0.0714. The van der Waals surface area contributed by atoms with Crippen molar-refractivity contribution in [2.45, 2.75) is 10.6 Å². The van der Waals surface area contributed by atoms with Gasteiger partial charge in [-0.3, -0.25) is 0 Å². The van der Waals surface area contributed by atoms with Crippen LogP contribution in [0.15, 0.2) is 51.3 Å². The van der Waals surface area contributed by atoms with Gasteiger partial charge in [-0.2, -0.15) is 0 Å². The number of benzene rings is 1. The molecule has 0 amide bonds. The molecule has 0 fully saturated rings. The zero-order valence-electron chi connectivity index (χ0n) is 10.4. The average molecular weight is 306 g/mol. The third-order valence-corrected chi connectivity index (χ3v) is 4.61. The van der Waals surface area contributed by atoms with Crippen molar-refractivity contribution >= 4 is 28.8 Å². The Labute approximate surface area is 123 Å². The zero-order valence-corrected chi connectivity index (χ0v) is 12.0. The van der Waals surface area contributed by atoms with Crippen LogP contribution in [0.5, 0.6) is 0 Å². The number of halogens is 1. The van der Waals surface area contributed by atoms with Gasteiger partial charge in [0.1, 0.15) is 12.1 Å². The number of hydrogen-bond acceptors (Lipinski definition) is 5. The van der Waals surface area contributed by atoms with Gasteiger partial charge in [0.2, 0.25) is 5.89 Å². The lowest BCUT2D eigenvalue weighted by atomic mass is 10.3. The van der Waals surface area contributed by atoms with E-state index < -0.39 is 0 Å². The second-order valence-corrected chi connectivity index (χ2v) is 6.06. The van der Waals surface area contributed by atoms with Gasteiger partial charge in [-0.25, -0.2) is 9.37 Å². The molecule has 6 heteroatoms. The van der Waals surface area contributed by atoms with E-state index in [1.54, 1.807) is 23.7 Å². The van der Waals surface area contributed by atoms with Crippen LogP contribution in [0.1, 0.15) is 5.69 Å². The van der Waals surface area contributed by atoms with E-state index in [1.165, 1.54) is 23.9 Å². The van der Waals surface area contributed by atoms with Crippen molar-refractivity contribution in [1.82, 2.24) is 4.98 Å². The first-order valence-electron chi connectivity index (χ1n) is 5.88. The SMILES string of the molecule is Nc1cc(F)ccc1SCc1coc(-c2cccs2)n1. The minimum Gasteiger partial charge on any atom is -0.444 e. The third-order valence-electron chi connectivity index (χ3n) is 2.63. The molecule has 3 rings (SSSR count). The number of nitrogens with two attached hydrogens (primary N) is 1. The van der Waals surface area contributed by atoms with Crippen LogP contribution < -0.4 is 5.73 Å². The number of oxazole rings is 1. The molecule has 0 bridgehead atoms. The Hall–Kier alpha value is -1.79. The quantitative estimate of drug-likeness (QED) is 0.573. The first-order chi connectivity index (χ1) is 9.72. The summed E-state index contributed by atoms with van der Waals surface area (Å²) in [5.74, 6) is 0.931. The summed E-state index contributed by atoms with van der Waals surface area (Å²) in [6.07, 6.45) is 1.64.